The Morgan fingerprint density at radius 1 is 1.12 bits per heavy atom. The maximum absolute atomic E-state index is 12.6. The van der Waals surface area contributed by atoms with Gasteiger partial charge in [-0.2, -0.15) is 0 Å². The number of phenols is 2. The Morgan fingerprint density at radius 3 is 2.48 bits per heavy atom. The van der Waals surface area contributed by atoms with E-state index in [0.29, 0.717) is 25.7 Å². The summed E-state index contributed by atoms with van der Waals surface area (Å²) in [5, 5.41) is 47.4. The predicted octanol–water partition coefficient (Wildman–Crippen LogP) is 3.49. The Bertz CT molecular complexity index is 1170. The monoisotopic (exact) mass is 455 g/mol. The third-order valence-electron chi connectivity index (χ3n) is 5.36. The van der Waals surface area contributed by atoms with Crippen LogP contribution in [0.2, 0.25) is 0 Å². The van der Waals surface area contributed by atoms with Crippen molar-refractivity contribution in [1.29, 1.82) is 0 Å². The molecule has 1 heterocycles. The highest BCUT2D eigenvalue weighted by Gasteiger charge is 2.25. The number of aliphatic hydroxyl groups is 1. The van der Waals surface area contributed by atoms with Crippen molar-refractivity contribution in [2.75, 3.05) is 0 Å². The zero-order valence-electron chi connectivity index (χ0n) is 17.3. The lowest BCUT2D eigenvalue weighted by molar-refractivity contribution is -0.384. The quantitative estimate of drug-likeness (QED) is 0.321. The molecule has 0 atom stereocenters. The minimum absolute atomic E-state index is 0.00858. The second-order valence-corrected chi connectivity index (χ2v) is 7.75. The maximum Gasteiger partial charge on any atom is 0.273 e. The zero-order chi connectivity index (χ0) is 23.5. The van der Waals surface area contributed by atoms with Crippen LogP contribution in [0, 0.1) is 10.1 Å². The van der Waals surface area contributed by atoms with Crippen molar-refractivity contribution in [1.82, 2.24) is 10.5 Å². The minimum atomic E-state index is -0.550. The van der Waals surface area contributed by atoms with Crippen LogP contribution in [0.5, 0.6) is 23.0 Å². The SMILES string of the molecule is O=C(NC1CCC(O)CC1)c1cc(-c2c(O)cc(O)cc2Oc2ccc([N+](=O)[O-])cc2)on1. The summed E-state index contributed by atoms with van der Waals surface area (Å²) in [4.78, 5) is 22.8. The summed E-state index contributed by atoms with van der Waals surface area (Å²) in [7, 11) is 0. The van der Waals surface area contributed by atoms with E-state index in [9.17, 15) is 30.2 Å². The molecule has 0 unspecified atom stereocenters. The first kappa shape index (κ1) is 22.1. The van der Waals surface area contributed by atoms with Gasteiger partial charge in [-0.15, -0.1) is 0 Å². The van der Waals surface area contributed by atoms with Crippen molar-refractivity contribution in [2.45, 2.75) is 37.8 Å². The number of rotatable bonds is 6. The summed E-state index contributed by atoms with van der Waals surface area (Å²) < 4.78 is 11.0. The van der Waals surface area contributed by atoms with Gasteiger partial charge in [-0.05, 0) is 37.8 Å². The van der Waals surface area contributed by atoms with Gasteiger partial charge in [0.2, 0.25) is 0 Å². The first-order valence-corrected chi connectivity index (χ1v) is 10.2. The van der Waals surface area contributed by atoms with Crippen LogP contribution in [-0.2, 0) is 0 Å². The lowest BCUT2D eigenvalue weighted by Crippen LogP contribution is -2.38. The molecule has 3 aromatic rings. The van der Waals surface area contributed by atoms with E-state index in [2.05, 4.69) is 10.5 Å². The van der Waals surface area contributed by atoms with Gasteiger partial charge in [0, 0.05) is 36.4 Å². The lowest BCUT2D eigenvalue weighted by Gasteiger charge is -2.25. The molecule has 4 rings (SSSR count). The molecule has 1 saturated carbocycles. The number of nitro groups is 1. The standard InChI is InChI=1S/C22H21N3O8/c26-14-5-1-12(2-6-14)23-22(29)17-11-20(33-24-17)21-18(28)9-15(27)10-19(21)32-16-7-3-13(4-8-16)25(30)31/h3-4,7-12,14,26-28H,1-2,5-6H2,(H,23,29). The van der Waals surface area contributed by atoms with Gasteiger partial charge in [0.25, 0.3) is 11.6 Å². The number of aromatic hydroxyl groups is 2. The Kier molecular flexibility index (Phi) is 6.13. The average Bonchev–Trinajstić information content (AvgIpc) is 3.25. The van der Waals surface area contributed by atoms with Crippen molar-refractivity contribution in [3.8, 4) is 34.3 Å². The largest absolute Gasteiger partial charge is 0.508 e. The molecule has 0 bridgehead atoms. The van der Waals surface area contributed by atoms with E-state index in [0.717, 1.165) is 6.07 Å². The Labute approximate surface area is 187 Å². The molecule has 33 heavy (non-hydrogen) atoms. The van der Waals surface area contributed by atoms with Crippen LogP contribution < -0.4 is 10.1 Å². The molecule has 0 aliphatic heterocycles. The number of hydrogen-bond donors (Lipinski definition) is 4. The predicted molar refractivity (Wildman–Crippen MR) is 114 cm³/mol. The summed E-state index contributed by atoms with van der Waals surface area (Å²) in [5.41, 5.74) is -0.0944. The molecule has 172 valence electrons. The molecule has 1 amide bonds. The first-order valence-electron chi connectivity index (χ1n) is 10.2. The van der Waals surface area contributed by atoms with E-state index >= 15 is 0 Å². The molecule has 0 spiro atoms. The third kappa shape index (κ3) is 5.04. The van der Waals surface area contributed by atoms with Crippen LogP contribution >= 0.6 is 0 Å². The number of carbonyl (C=O) groups excluding carboxylic acids is 1. The fraction of sp³-hybridized carbons (Fsp3) is 0.273. The number of nitro benzene ring substituents is 1. The molecule has 1 aromatic heterocycles. The van der Waals surface area contributed by atoms with Gasteiger partial charge in [-0.1, -0.05) is 5.16 Å². The van der Waals surface area contributed by atoms with Crippen molar-refractivity contribution >= 4 is 11.6 Å². The van der Waals surface area contributed by atoms with Crippen LogP contribution in [0.4, 0.5) is 5.69 Å². The van der Waals surface area contributed by atoms with Gasteiger partial charge in [-0.25, -0.2) is 0 Å². The first-order chi connectivity index (χ1) is 15.8. The summed E-state index contributed by atoms with van der Waals surface area (Å²) in [6.07, 6.45) is 2.19. The van der Waals surface area contributed by atoms with Crippen LogP contribution in [0.15, 0.2) is 47.0 Å². The van der Waals surface area contributed by atoms with Crippen LogP contribution in [0.25, 0.3) is 11.3 Å². The Hall–Kier alpha value is -4.12. The molecule has 1 aliphatic carbocycles. The van der Waals surface area contributed by atoms with E-state index in [-0.39, 0.29) is 57.8 Å². The highest BCUT2D eigenvalue weighted by atomic mass is 16.6. The number of amides is 1. The fourth-order valence-electron chi connectivity index (χ4n) is 3.66. The van der Waals surface area contributed by atoms with E-state index in [1.54, 1.807) is 0 Å². The average molecular weight is 455 g/mol. The molecule has 4 N–H and O–H groups in total. The number of nitrogens with one attached hydrogen (secondary N) is 1. The van der Waals surface area contributed by atoms with Crippen molar-refractivity contribution in [3.05, 3.63) is 58.3 Å². The fourth-order valence-corrected chi connectivity index (χ4v) is 3.66. The normalized spacial score (nSPS) is 18.0. The van der Waals surface area contributed by atoms with Crippen molar-refractivity contribution in [2.24, 2.45) is 0 Å². The van der Waals surface area contributed by atoms with Crippen LogP contribution in [-0.4, -0.2) is 43.5 Å². The molecule has 0 radical (unpaired) electrons. The molecule has 11 nitrogen and oxygen atoms in total. The number of aliphatic hydroxyl groups excluding tert-OH is 1. The molecule has 1 fully saturated rings. The lowest BCUT2D eigenvalue weighted by atomic mass is 9.93. The number of phenolic OH excluding ortho intramolecular Hbond substituents is 2. The summed E-state index contributed by atoms with van der Waals surface area (Å²) in [6, 6.07) is 8.79. The van der Waals surface area contributed by atoms with Gasteiger partial charge in [0.1, 0.15) is 28.6 Å². The zero-order valence-corrected chi connectivity index (χ0v) is 17.3. The number of benzene rings is 2. The minimum Gasteiger partial charge on any atom is -0.508 e. The number of carbonyl (C=O) groups is 1. The highest BCUT2D eigenvalue weighted by Crippen LogP contribution is 2.43. The van der Waals surface area contributed by atoms with E-state index < -0.39 is 10.8 Å². The summed E-state index contributed by atoms with van der Waals surface area (Å²) in [6.45, 7) is 0. The van der Waals surface area contributed by atoms with Crippen LogP contribution in [0.1, 0.15) is 36.2 Å². The van der Waals surface area contributed by atoms with Gasteiger partial charge in [0.05, 0.1) is 11.0 Å². The number of aromatic nitrogens is 1. The molecule has 0 saturated heterocycles. The van der Waals surface area contributed by atoms with Gasteiger partial charge >= 0.3 is 0 Å². The molecular weight excluding hydrogens is 434 g/mol. The second kappa shape index (κ2) is 9.17. The van der Waals surface area contributed by atoms with E-state index in [1.807, 2.05) is 0 Å². The van der Waals surface area contributed by atoms with Crippen LogP contribution in [0.3, 0.4) is 0 Å². The summed E-state index contributed by atoms with van der Waals surface area (Å²) in [5.74, 6) is -0.896. The topological polar surface area (TPSA) is 168 Å². The second-order valence-electron chi connectivity index (χ2n) is 7.75. The van der Waals surface area contributed by atoms with Gasteiger partial charge < -0.3 is 29.9 Å². The molecule has 11 heteroatoms. The smallest absolute Gasteiger partial charge is 0.273 e. The third-order valence-corrected chi connectivity index (χ3v) is 5.36. The number of nitrogens with zero attached hydrogens (tertiary/aromatic N) is 2. The van der Waals surface area contributed by atoms with Crippen molar-refractivity contribution in [3.63, 3.8) is 0 Å². The molecule has 2 aromatic carbocycles. The van der Waals surface area contributed by atoms with Crippen molar-refractivity contribution < 1.29 is 34.3 Å². The summed E-state index contributed by atoms with van der Waals surface area (Å²) >= 11 is 0. The van der Waals surface area contributed by atoms with E-state index in [4.69, 9.17) is 9.26 Å². The highest BCUT2D eigenvalue weighted by molar-refractivity contribution is 5.93. The number of ether oxygens (including phenoxy) is 1. The number of non-ortho nitro benzene ring substituents is 1. The Morgan fingerprint density at radius 2 is 1.82 bits per heavy atom. The molecular formula is C22H21N3O8. The van der Waals surface area contributed by atoms with Gasteiger partial charge in [0.15, 0.2) is 11.5 Å². The molecule has 1 aliphatic rings. The van der Waals surface area contributed by atoms with Gasteiger partial charge in [-0.3, -0.25) is 14.9 Å². The maximum atomic E-state index is 12.6. The van der Waals surface area contributed by atoms with E-state index in [1.165, 1.54) is 36.4 Å². The number of hydrogen-bond acceptors (Lipinski definition) is 9. The Balaban J connectivity index is 1.57.